The van der Waals surface area contributed by atoms with E-state index in [0.29, 0.717) is 12.1 Å². The molecule has 0 aromatic carbocycles. The fourth-order valence-electron chi connectivity index (χ4n) is 1.65. The van der Waals surface area contributed by atoms with Crippen molar-refractivity contribution in [3.05, 3.63) is 18.5 Å². The molecule has 2 heterocycles. The SMILES string of the molecule is CC1CCSC(NC(C)Cn2cccn2)=N1. The first-order chi connectivity index (χ1) is 7.74. The number of aliphatic imine (C=N–C) groups is 1. The monoisotopic (exact) mass is 238 g/mol. The van der Waals surface area contributed by atoms with Crippen molar-refractivity contribution in [3.8, 4) is 0 Å². The van der Waals surface area contributed by atoms with Gasteiger partial charge in [-0.15, -0.1) is 0 Å². The molecule has 2 unspecified atom stereocenters. The summed E-state index contributed by atoms with van der Waals surface area (Å²) in [5.41, 5.74) is 0. The minimum atomic E-state index is 0.358. The predicted octanol–water partition coefficient (Wildman–Crippen LogP) is 1.74. The van der Waals surface area contributed by atoms with E-state index in [2.05, 4.69) is 29.3 Å². The highest BCUT2D eigenvalue weighted by molar-refractivity contribution is 8.13. The molecule has 1 aliphatic rings. The van der Waals surface area contributed by atoms with E-state index in [4.69, 9.17) is 0 Å². The van der Waals surface area contributed by atoms with Crippen molar-refractivity contribution in [2.45, 2.75) is 38.9 Å². The van der Waals surface area contributed by atoms with Crippen LogP contribution in [0.15, 0.2) is 23.5 Å². The molecule has 1 aromatic rings. The third-order valence-electron chi connectivity index (χ3n) is 2.50. The smallest absolute Gasteiger partial charge is 0.157 e. The van der Waals surface area contributed by atoms with Gasteiger partial charge < -0.3 is 5.32 Å². The average Bonchev–Trinajstić information content (AvgIpc) is 2.70. The van der Waals surface area contributed by atoms with Gasteiger partial charge in [-0.25, -0.2) is 0 Å². The molecule has 16 heavy (non-hydrogen) atoms. The molecular formula is C11H18N4S. The summed E-state index contributed by atoms with van der Waals surface area (Å²) in [6.07, 6.45) is 4.97. The summed E-state index contributed by atoms with van der Waals surface area (Å²) in [6.45, 7) is 5.20. The second-order valence-electron chi connectivity index (χ2n) is 4.19. The van der Waals surface area contributed by atoms with Crippen molar-refractivity contribution >= 4 is 16.9 Å². The van der Waals surface area contributed by atoms with Gasteiger partial charge in [0.05, 0.1) is 12.6 Å². The van der Waals surface area contributed by atoms with Gasteiger partial charge in [-0.05, 0) is 26.3 Å². The number of hydrogen-bond acceptors (Lipinski definition) is 4. The van der Waals surface area contributed by atoms with Crippen LogP contribution in [0.5, 0.6) is 0 Å². The van der Waals surface area contributed by atoms with Crippen LogP contribution in [0.2, 0.25) is 0 Å². The molecule has 0 bridgehead atoms. The minimum absolute atomic E-state index is 0.358. The standard InChI is InChI=1S/C11H18N4S/c1-9-4-7-16-11(13-9)14-10(2)8-15-6-3-5-12-15/h3,5-6,9-10H,4,7-8H2,1-2H3,(H,13,14). The van der Waals surface area contributed by atoms with Crippen LogP contribution in [-0.2, 0) is 6.54 Å². The summed E-state index contributed by atoms with van der Waals surface area (Å²) in [6, 6.07) is 2.76. The lowest BCUT2D eigenvalue weighted by molar-refractivity contribution is 0.506. The Hall–Kier alpha value is -0.970. The predicted molar refractivity (Wildman–Crippen MR) is 68.8 cm³/mol. The molecule has 88 valence electrons. The van der Waals surface area contributed by atoms with Crippen LogP contribution in [0, 0.1) is 0 Å². The Morgan fingerprint density at radius 3 is 3.25 bits per heavy atom. The molecule has 0 saturated carbocycles. The number of thioether (sulfide) groups is 1. The number of nitrogens with one attached hydrogen (secondary N) is 1. The lowest BCUT2D eigenvalue weighted by Gasteiger charge is -2.21. The number of amidine groups is 1. The number of nitrogens with zero attached hydrogens (tertiary/aromatic N) is 3. The van der Waals surface area contributed by atoms with E-state index in [9.17, 15) is 0 Å². The number of aromatic nitrogens is 2. The van der Waals surface area contributed by atoms with E-state index in [1.165, 1.54) is 12.2 Å². The summed E-state index contributed by atoms with van der Waals surface area (Å²) in [4.78, 5) is 4.59. The topological polar surface area (TPSA) is 42.2 Å². The zero-order valence-corrected chi connectivity index (χ0v) is 10.6. The summed E-state index contributed by atoms with van der Waals surface area (Å²) >= 11 is 1.82. The highest BCUT2D eigenvalue weighted by atomic mass is 32.2. The lowest BCUT2D eigenvalue weighted by atomic mass is 10.3. The first kappa shape index (κ1) is 11.5. The Balaban J connectivity index is 1.85. The van der Waals surface area contributed by atoms with E-state index in [1.807, 2.05) is 34.9 Å². The first-order valence-electron chi connectivity index (χ1n) is 5.68. The van der Waals surface area contributed by atoms with Crippen molar-refractivity contribution in [3.63, 3.8) is 0 Å². The summed E-state index contributed by atoms with van der Waals surface area (Å²) in [5.74, 6) is 1.17. The third-order valence-corrected chi connectivity index (χ3v) is 3.44. The maximum atomic E-state index is 4.59. The summed E-state index contributed by atoms with van der Waals surface area (Å²) in [7, 11) is 0. The first-order valence-corrected chi connectivity index (χ1v) is 6.67. The zero-order chi connectivity index (χ0) is 11.4. The van der Waals surface area contributed by atoms with Crippen LogP contribution in [0.1, 0.15) is 20.3 Å². The molecule has 1 N–H and O–H groups in total. The van der Waals surface area contributed by atoms with Gasteiger partial charge in [-0.2, -0.15) is 5.10 Å². The van der Waals surface area contributed by atoms with E-state index < -0.39 is 0 Å². The molecule has 0 radical (unpaired) electrons. The molecule has 2 atom stereocenters. The fraction of sp³-hybridized carbons (Fsp3) is 0.636. The molecule has 4 nitrogen and oxygen atoms in total. The highest BCUT2D eigenvalue weighted by Gasteiger charge is 2.13. The Morgan fingerprint density at radius 2 is 2.56 bits per heavy atom. The number of hydrogen-bond donors (Lipinski definition) is 1. The van der Waals surface area contributed by atoms with E-state index in [-0.39, 0.29) is 0 Å². The maximum Gasteiger partial charge on any atom is 0.157 e. The Labute approximate surface area is 101 Å². The van der Waals surface area contributed by atoms with Gasteiger partial charge in [-0.1, -0.05) is 11.8 Å². The summed E-state index contributed by atoms with van der Waals surface area (Å²) < 4.78 is 1.94. The van der Waals surface area contributed by atoms with Gasteiger partial charge in [0, 0.05) is 24.2 Å². The molecule has 1 aliphatic heterocycles. The van der Waals surface area contributed by atoms with Crippen molar-refractivity contribution in [2.75, 3.05) is 5.75 Å². The molecule has 2 rings (SSSR count). The van der Waals surface area contributed by atoms with Gasteiger partial charge in [0.15, 0.2) is 5.17 Å². The van der Waals surface area contributed by atoms with Crippen LogP contribution in [0.4, 0.5) is 0 Å². The zero-order valence-electron chi connectivity index (χ0n) is 9.76. The van der Waals surface area contributed by atoms with Crippen LogP contribution in [0.25, 0.3) is 0 Å². The largest absolute Gasteiger partial charge is 0.361 e. The molecule has 0 spiro atoms. The van der Waals surface area contributed by atoms with Crippen LogP contribution in [-0.4, -0.2) is 32.8 Å². The maximum absolute atomic E-state index is 4.59. The van der Waals surface area contributed by atoms with E-state index in [0.717, 1.165) is 11.7 Å². The highest BCUT2D eigenvalue weighted by Crippen LogP contribution is 2.16. The molecule has 0 fully saturated rings. The second kappa shape index (κ2) is 5.39. The second-order valence-corrected chi connectivity index (χ2v) is 5.28. The van der Waals surface area contributed by atoms with Crippen molar-refractivity contribution in [1.82, 2.24) is 15.1 Å². The van der Waals surface area contributed by atoms with Crippen molar-refractivity contribution in [2.24, 2.45) is 4.99 Å². The average molecular weight is 238 g/mol. The van der Waals surface area contributed by atoms with E-state index in [1.54, 1.807) is 0 Å². The molecular weight excluding hydrogens is 220 g/mol. The third kappa shape index (κ3) is 3.27. The van der Waals surface area contributed by atoms with Gasteiger partial charge in [0.1, 0.15) is 0 Å². The molecule has 5 heteroatoms. The van der Waals surface area contributed by atoms with Crippen LogP contribution in [0.3, 0.4) is 0 Å². The van der Waals surface area contributed by atoms with Gasteiger partial charge in [-0.3, -0.25) is 9.67 Å². The van der Waals surface area contributed by atoms with Gasteiger partial charge in [0.25, 0.3) is 0 Å². The van der Waals surface area contributed by atoms with Crippen molar-refractivity contribution < 1.29 is 0 Å². The van der Waals surface area contributed by atoms with Crippen molar-refractivity contribution in [1.29, 1.82) is 0 Å². The molecule has 0 aliphatic carbocycles. The molecule has 0 saturated heterocycles. The molecule has 0 amide bonds. The Bertz CT molecular complexity index is 347. The van der Waals surface area contributed by atoms with E-state index >= 15 is 0 Å². The summed E-state index contributed by atoms with van der Waals surface area (Å²) in [5, 5.41) is 8.72. The minimum Gasteiger partial charge on any atom is -0.361 e. The van der Waals surface area contributed by atoms with Crippen LogP contribution < -0.4 is 5.32 Å². The normalized spacial score (nSPS) is 22.6. The fourth-order valence-corrected chi connectivity index (χ4v) is 2.84. The molecule has 1 aromatic heterocycles. The Kier molecular flexibility index (Phi) is 3.88. The van der Waals surface area contributed by atoms with Gasteiger partial charge >= 0.3 is 0 Å². The quantitative estimate of drug-likeness (QED) is 0.872. The Morgan fingerprint density at radius 1 is 1.69 bits per heavy atom. The lowest BCUT2D eigenvalue weighted by Crippen LogP contribution is -2.36. The van der Waals surface area contributed by atoms with Crippen LogP contribution >= 0.6 is 11.8 Å². The van der Waals surface area contributed by atoms with Gasteiger partial charge in [0.2, 0.25) is 0 Å². The number of rotatable bonds is 3.